The number of amides is 1. The zero-order chi connectivity index (χ0) is 21.8. The number of carbonyl (C=O) groups is 1. The topological polar surface area (TPSA) is 91.2 Å². The van der Waals surface area contributed by atoms with Gasteiger partial charge in [0.2, 0.25) is 5.91 Å². The van der Waals surface area contributed by atoms with Gasteiger partial charge in [-0.3, -0.25) is 4.79 Å². The lowest BCUT2D eigenvalue weighted by Crippen LogP contribution is -2.14. The lowest BCUT2D eigenvalue weighted by atomic mass is 10.2. The van der Waals surface area contributed by atoms with Gasteiger partial charge in [0.15, 0.2) is 16.1 Å². The predicted molar refractivity (Wildman–Crippen MR) is 122 cm³/mol. The highest BCUT2D eigenvalue weighted by molar-refractivity contribution is 7.99. The van der Waals surface area contributed by atoms with E-state index in [-0.39, 0.29) is 18.3 Å². The van der Waals surface area contributed by atoms with E-state index in [0.717, 1.165) is 21.5 Å². The third kappa shape index (κ3) is 4.97. The number of nitrogens with zero attached hydrogens (tertiary/aromatic N) is 4. The zero-order valence-corrected chi connectivity index (χ0v) is 18.9. The Labute approximate surface area is 187 Å². The number of nitrogens with one attached hydrogen (secondary N) is 1. The molecule has 0 atom stereocenters. The molecule has 1 N–H and O–H groups in total. The molecule has 2 aromatic carbocycles. The van der Waals surface area contributed by atoms with Crippen LogP contribution in [0.1, 0.15) is 11.4 Å². The Morgan fingerprint density at radius 1 is 1.16 bits per heavy atom. The van der Waals surface area contributed by atoms with Gasteiger partial charge in [0, 0.05) is 7.05 Å². The lowest BCUT2D eigenvalue weighted by Gasteiger charge is -2.07. The van der Waals surface area contributed by atoms with Crippen molar-refractivity contribution >= 4 is 44.4 Å². The molecule has 31 heavy (non-hydrogen) atoms. The van der Waals surface area contributed by atoms with E-state index in [9.17, 15) is 4.79 Å². The molecule has 0 bridgehead atoms. The fourth-order valence-corrected chi connectivity index (χ4v) is 4.53. The molecule has 0 aliphatic heterocycles. The summed E-state index contributed by atoms with van der Waals surface area (Å²) in [6.07, 6.45) is 0. The highest BCUT2D eigenvalue weighted by atomic mass is 32.2. The molecule has 4 rings (SSSR count). The van der Waals surface area contributed by atoms with Crippen LogP contribution in [0.15, 0.2) is 47.6 Å². The number of benzene rings is 2. The first-order valence-corrected chi connectivity index (χ1v) is 11.3. The minimum absolute atomic E-state index is 0.138. The first-order chi connectivity index (χ1) is 15.0. The summed E-state index contributed by atoms with van der Waals surface area (Å²) in [5, 5.41) is 12.4. The van der Waals surface area contributed by atoms with Crippen molar-refractivity contribution in [2.75, 3.05) is 18.2 Å². The summed E-state index contributed by atoms with van der Waals surface area (Å²) in [6.45, 7) is 2.28. The van der Waals surface area contributed by atoms with Crippen LogP contribution in [0.4, 0.5) is 5.13 Å². The number of aromatic nitrogens is 4. The number of fused-ring (bicyclic) bond motifs is 1. The lowest BCUT2D eigenvalue weighted by molar-refractivity contribution is -0.113. The molecule has 0 radical (unpaired) electrons. The summed E-state index contributed by atoms with van der Waals surface area (Å²) in [5.74, 6) is 2.22. The third-order valence-electron chi connectivity index (χ3n) is 4.55. The Morgan fingerprint density at radius 2 is 1.94 bits per heavy atom. The van der Waals surface area contributed by atoms with Crippen molar-refractivity contribution < 1.29 is 14.3 Å². The Hall–Kier alpha value is -3.11. The highest BCUT2D eigenvalue weighted by Crippen LogP contribution is 2.28. The Balaban J connectivity index is 1.31. The summed E-state index contributed by atoms with van der Waals surface area (Å²) in [6, 6.07) is 13.3. The molecule has 2 aromatic heterocycles. The number of aryl methyl sites for hydroxylation is 1. The van der Waals surface area contributed by atoms with Gasteiger partial charge in [-0.05, 0) is 42.8 Å². The molecule has 8 nitrogen and oxygen atoms in total. The van der Waals surface area contributed by atoms with Gasteiger partial charge >= 0.3 is 0 Å². The molecule has 1 amide bonds. The molecule has 160 valence electrons. The highest BCUT2D eigenvalue weighted by Gasteiger charge is 2.14. The maximum absolute atomic E-state index is 12.4. The number of anilines is 1. The van der Waals surface area contributed by atoms with Crippen molar-refractivity contribution in [3.05, 3.63) is 53.9 Å². The van der Waals surface area contributed by atoms with E-state index in [1.807, 2.05) is 61.0 Å². The minimum Gasteiger partial charge on any atom is -0.497 e. The fraction of sp³-hybridized carbons (Fsp3) is 0.238. The second kappa shape index (κ2) is 9.36. The number of thioether (sulfide) groups is 1. The number of thiazole rings is 1. The quantitative estimate of drug-likeness (QED) is 0.401. The first kappa shape index (κ1) is 21.1. The van der Waals surface area contributed by atoms with Crippen LogP contribution < -0.4 is 14.8 Å². The van der Waals surface area contributed by atoms with Gasteiger partial charge in [0.25, 0.3) is 0 Å². The van der Waals surface area contributed by atoms with Crippen molar-refractivity contribution in [2.24, 2.45) is 7.05 Å². The molecule has 10 heteroatoms. The van der Waals surface area contributed by atoms with Crippen LogP contribution in [0.25, 0.3) is 10.2 Å². The second-order valence-corrected chi connectivity index (χ2v) is 8.67. The number of hydrogen-bond donors (Lipinski definition) is 1. The molecular weight excluding hydrogens is 434 g/mol. The van der Waals surface area contributed by atoms with Gasteiger partial charge in [-0.2, -0.15) is 0 Å². The summed E-state index contributed by atoms with van der Waals surface area (Å²) >= 11 is 2.78. The Morgan fingerprint density at radius 3 is 2.68 bits per heavy atom. The molecule has 4 aromatic rings. The monoisotopic (exact) mass is 455 g/mol. The molecule has 2 heterocycles. The van der Waals surface area contributed by atoms with Crippen LogP contribution in [0.5, 0.6) is 11.5 Å². The van der Waals surface area contributed by atoms with Crippen molar-refractivity contribution in [1.29, 1.82) is 0 Å². The zero-order valence-electron chi connectivity index (χ0n) is 17.3. The molecule has 0 aliphatic rings. The summed E-state index contributed by atoms with van der Waals surface area (Å²) in [5.41, 5.74) is 2.01. The standard InChI is InChI=1S/C21H21N5O3S2/c1-13-5-4-6-16-19(13)23-20(31-16)22-18(27)12-30-21-25-24-17(26(21)2)11-29-15-9-7-14(28-3)8-10-15/h4-10H,11-12H2,1-3H3,(H,22,23,27). The number of hydrogen-bond acceptors (Lipinski definition) is 8. The van der Waals surface area contributed by atoms with Gasteiger partial charge < -0.3 is 19.4 Å². The number of rotatable bonds is 8. The van der Waals surface area contributed by atoms with Crippen molar-refractivity contribution in [2.45, 2.75) is 18.7 Å². The number of carbonyl (C=O) groups excluding carboxylic acids is 1. The molecule has 0 saturated heterocycles. The second-order valence-electron chi connectivity index (χ2n) is 6.70. The van der Waals surface area contributed by atoms with Crippen LogP contribution in [-0.2, 0) is 18.4 Å². The molecule has 0 spiro atoms. The van der Waals surface area contributed by atoms with Gasteiger partial charge in [0.1, 0.15) is 18.1 Å². The van der Waals surface area contributed by atoms with E-state index >= 15 is 0 Å². The van der Waals surface area contributed by atoms with Gasteiger partial charge in [-0.1, -0.05) is 35.2 Å². The van der Waals surface area contributed by atoms with Gasteiger partial charge in [0.05, 0.1) is 23.1 Å². The molecular formula is C21H21N5O3S2. The summed E-state index contributed by atoms with van der Waals surface area (Å²) in [4.78, 5) is 16.9. The first-order valence-electron chi connectivity index (χ1n) is 9.47. The SMILES string of the molecule is COc1ccc(OCc2nnc(SCC(=O)Nc3nc4c(C)cccc4s3)n2C)cc1. The normalized spacial score (nSPS) is 10.9. The van der Waals surface area contributed by atoms with E-state index in [2.05, 4.69) is 20.5 Å². The van der Waals surface area contributed by atoms with Crippen LogP contribution in [0.2, 0.25) is 0 Å². The van der Waals surface area contributed by atoms with E-state index in [4.69, 9.17) is 9.47 Å². The number of para-hydroxylation sites is 1. The van der Waals surface area contributed by atoms with E-state index < -0.39 is 0 Å². The smallest absolute Gasteiger partial charge is 0.236 e. The van der Waals surface area contributed by atoms with Crippen molar-refractivity contribution in [3.63, 3.8) is 0 Å². The minimum atomic E-state index is -0.138. The Bertz CT molecular complexity index is 1200. The van der Waals surface area contributed by atoms with Crippen LogP contribution >= 0.6 is 23.1 Å². The molecule has 0 fully saturated rings. The van der Waals surface area contributed by atoms with Crippen LogP contribution in [0, 0.1) is 6.92 Å². The predicted octanol–water partition coefficient (Wildman–Crippen LogP) is 4.05. The van der Waals surface area contributed by atoms with Crippen LogP contribution in [0.3, 0.4) is 0 Å². The number of methoxy groups -OCH3 is 1. The third-order valence-corrected chi connectivity index (χ3v) is 6.51. The maximum atomic E-state index is 12.4. The Kier molecular flexibility index (Phi) is 6.38. The molecule has 0 saturated carbocycles. The van der Waals surface area contributed by atoms with E-state index in [0.29, 0.717) is 21.9 Å². The average molecular weight is 456 g/mol. The van der Waals surface area contributed by atoms with E-state index in [1.54, 1.807) is 7.11 Å². The molecule has 0 aliphatic carbocycles. The average Bonchev–Trinajstić information content (AvgIpc) is 3.35. The summed E-state index contributed by atoms with van der Waals surface area (Å²) < 4.78 is 13.8. The van der Waals surface area contributed by atoms with Crippen LogP contribution in [-0.4, -0.2) is 38.5 Å². The summed E-state index contributed by atoms with van der Waals surface area (Å²) in [7, 11) is 3.47. The maximum Gasteiger partial charge on any atom is 0.236 e. The largest absolute Gasteiger partial charge is 0.497 e. The van der Waals surface area contributed by atoms with Gasteiger partial charge in [-0.15, -0.1) is 10.2 Å². The van der Waals surface area contributed by atoms with Crippen molar-refractivity contribution in [1.82, 2.24) is 19.7 Å². The van der Waals surface area contributed by atoms with E-state index in [1.165, 1.54) is 23.1 Å². The van der Waals surface area contributed by atoms with Crippen molar-refractivity contribution in [3.8, 4) is 11.5 Å². The molecule has 0 unspecified atom stereocenters. The fourth-order valence-electron chi connectivity index (χ4n) is 2.84. The number of ether oxygens (including phenoxy) is 2. The van der Waals surface area contributed by atoms with Gasteiger partial charge in [-0.25, -0.2) is 4.98 Å².